The van der Waals surface area contributed by atoms with Crippen LogP contribution in [0.5, 0.6) is 0 Å². The largest absolute Gasteiger partial charge is 0.380 e. The highest BCUT2D eigenvalue weighted by atomic mass is 16.5. The van der Waals surface area contributed by atoms with Gasteiger partial charge in [0.1, 0.15) is 0 Å². The highest BCUT2D eigenvalue weighted by Gasteiger charge is 2.20. The predicted molar refractivity (Wildman–Crippen MR) is 88.7 cm³/mol. The van der Waals surface area contributed by atoms with Gasteiger partial charge in [0, 0.05) is 25.8 Å². The van der Waals surface area contributed by atoms with Crippen LogP contribution in [0.4, 0.5) is 0 Å². The molecule has 0 aliphatic carbocycles. The molecule has 1 rings (SSSR count). The first kappa shape index (κ1) is 18.2. The summed E-state index contributed by atoms with van der Waals surface area (Å²) in [6, 6.07) is 3.01. The van der Waals surface area contributed by atoms with Gasteiger partial charge in [-0.05, 0) is 38.3 Å². The Morgan fingerprint density at radius 1 is 1.19 bits per heavy atom. The molecular formula is C17H33N3O. The zero-order valence-electron chi connectivity index (χ0n) is 14.4. The zero-order valence-corrected chi connectivity index (χ0v) is 14.4. The maximum absolute atomic E-state index is 5.63. The van der Waals surface area contributed by atoms with Gasteiger partial charge in [0.25, 0.3) is 0 Å². The molecule has 0 radical (unpaired) electrons. The number of hydrogen-bond donors (Lipinski definition) is 1. The quantitative estimate of drug-likeness (QED) is 0.678. The zero-order chi connectivity index (χ0) is 15.7. The molecule has 0 aromatic carbocycles. The molecule has 2 atom stereocenters. The minimum absolute atomic E-state index is 0.245. The first-order valence-corrected chi connectivity index (χ1v) is 8.50. The summed E-state index contributed by atoms with van der Waals surface area (Å²) in [6.07, 6.45) is 7.71. The summed E-state index contributed by atoms with van der Waals surface area (Å²) in [7, 11) is 1.80. The molecular weight excluding hydrogens is 262 g/mol. The Labute approximate surface area is 130 Å². The first-order chi connectivity index (χ1) is 10.2. The lowest BCUT2D eigenvalue weighted by molar-refractivity contribution is 0.0650. The van der Waals surface area contributed by atoms with Crippen molar-refractivity contribution in [3.8, 4) is 0 Å². The van der Waals surface area contributed by atoms with Crippen molar-refractivity contribution >= 4 is 0 Å². The molecule has 2 unspecified atom stereocenters. The standard InChI is InChI=1S/C17H33N3O/c1-6-11-18-16(17(9-4)21-5)13-14-10-12-20(19-14)15(7-2)8-3/h10,12,15-18H,6-9,11,13H2,1-5H3. The summed E-state index contributed by atoms with van der Waals surface area (Å²) in [5.41, 5.74) is 1.16. The van der Waals surface area contributed by atoms with Crippen molar-refractivity contribution in [1.29, 1.82) is 0 Å². The normalized spacial score (nSPS) is 14.6. The van der Waals surface area contributed by atoms with Crippen LogP contribution >= 0.6 is 0 Å². The molecule has 0 aliphatic heterocycles. The molecule has 4 nitrogen and oxygen atoms in total. The second-order valence-corrected chi connectivity index (χ2v) is 5.70. The monoisotopic (exact) mass is 295 g/mol. The van der Waals surface area contributed by atoms with Gasteiger partial charge < -0.3 is 10.1 Å². The molecule has 0 fully saturated rings. The van der Waals surface area contributed by atoms with Crippen LogP contribution in [0.3, 0.4) is 0 Å². The molecule has 0 aliphatic rings. The molecule has 1 heterocycles. The number of ether oxygens (including phenoxy) is 1. The molecule has 1 N–H and O–H groups in total. The maximum atomic E-state index is 5.63. The molecule has 0 saturated carbocycles. The number of nitrogens with zero attached hydrogens (tertiary/aromatic N) is 2. The van der Waals surface area contributed by atoms with E-state index in [1.807, 2.05) is 0 Å². The van der Waals surface area contributed by atoms with E-state index < -0.39 is 0 Å². The molecule has 122 valence electrons. The van der Waals surface area contributed by atoms with Gasteiger partial charge in [-0.25, -0.2) is 0 Å². The minimum atomic E-state index is 0.245. The molecule has 0 saturated heterocycles. The van der Waals surface area contributed by atoms with Crippen LogP contribution in [0.2, 0.25) is 0 Å². The van der Waals surface area contributed by atoms with Crippen LogP contribution in [0.1, 0.15) is 65.1 Å². The summed E-state index contributed by atoms with van der Waals surface area (Å²) >= 11 is 0. The third kappa shape index (κ3) is 5.44. The lowest BCUT2D eigenvalue weighted by Gasteiger charge is -2.25. The fraction of sp³-hybridized carbons (Fsp3) is 0.824. The van der Waals surface area contributed by atoms with E-state index in [1.54, 1.807) is 7.11 Å². The summed E-state index contributed by atoms with van der Waals surface area (Å²) < 4.78 is 7.76. The Morgan fingerprint density at radius 3 is 2.43 bits per heavy atom. The van der Waals surface area contributed by atoms with Crippen molar-refractivity contribution < 1.29 is 4.74 Å². The van der Waals surface area contributed by atoms with Crippen molar-refractivity contribution in [3.05, 3.63) is 18.0 Å². The third-order valence-corrected chi connectivity index (χ3v) is 4.22. The van der Waals surface area contributed by atoms with Crippen LogP contribution < -0.4 is 5.32 Å². The smallest absolute Gasteiger partial charge is 0.0725 e. The highest BCUT2D eigenvalue weighted by Crippen LogP contribution is 2.16. The van der Waals surface area contributed by atoms with Crippen LogP contribution in [-0.2, 0) is 11.2 Å². The third-order valence-electron chi connectivity index (χ3n) is 4.22. The van der Waals surface area contributed by atoms with Crippen molar-refractivity contribution in [3.63, 3.8) is 0 Å². The number of rotatable bonds is 11. The van der Waals surface area contributed by atoms with Gasteiger partial charge in [0.05, 0.1) is 17.8 Å². The van der Waals surface area contributed by atoms with Crippen molar-refractivity contribution in [2.24, 2.45) is 0 Å². The fourth-order valence-corrected chi connectivity index (χ4v) is 2.86. The Kier molecular flexibility index (Phi) is 8.62. The summed E-state index contributed by atoms with van der Waals surface area (Å²) in [5, 5.41) is 8.38. The second kappa shape index (κ2) is 9.96. The lowest BCUT2D eigenvalue weighted by atomic mass is 10.0. The lowest BCUT2D eigenvalue weighted by Crippen LogP contribution is -2.42. The summed E-state index contributed by atoms with van der Waals surface area (Å²) in [6.45, 7) is 9.84. The van der Waals surface area contributed by atoms with E-state index in [9.17, 15) is 0 Å². The van der Waals surface area contributed by atoms with Gasteiger partial charge in [-0.1, -0.05) is 27.7 Å². The average Bonchev–Trinajstić information content (AvgIpc) is 2.95. The van der Waals surface area contributed by atoms with E-state index >= 15 is 0 Å². The van der Waals surface area contributed by atoms with E-state index in [-0.39, 0.29) is 6.10 Å². The Hall–Kier alpha value is -0.870. The average molecular weight is 295 g/mol. The van der Waals surface area contributed by atoms with E-state index in [1.165, 1.54) is 0 Å². The van der Waals surface area contributed by atoms with E-state index in [0.717, 1.165) is 44.3 Å². The molecule has 0 bridgehead atoms. The molecule has 1 aromatic heterocycles. The number of nitrogens with one attached hydrogen (secondary N) is 1. The fourth-order valence-electron chi connectivity index (χ4n) is 2.86. The Morgan fingerprint density at radius 2 is 1.90 bits per heavy atom. The number of hydrogen-bond acceptors (Lipinski definition) is 3. The number of aromatic nitrogens is 2. The topological polar surface area (TPSA) is 39.1 Å². The van der Waals surface area contributed by atoms with Crippen molar-refractivity contribution in [2.75, 3.05) is 13.7 Å². The van der Waals surface area contributed by atoms with Crippen LogP contribution in [0.25, 0.3) is 0 Å². The Balaban J connectivity index is 2.73. The highest BCUT2D eigenvalue weighted by molar-refractivity contribution is 5.03. The first-order valence-electron chi connectivity index (χ1n) is 8.50. The van der Waals surface area contributed by atoms with E-state index in [4.69, 9.17) is 9.84 Å². The molecule has 1 aromatic rings. The molecule has 4 heteroatoms. The molecule has 21 heavy (non-hydrogen) atoms. The van der Waals surface area contributed by atoms with Crippen LogP contribution in [0.15, 0.2) is 12.3 Å². The summed E-state index contributed by atoms with van der Waals surface area (Å²) in [4.78, 5) is 0. The molecule has 0 amide bonds. The predicted octanol–water partition coefficient (Wildman–Crippen LogP) is 3.58. The van der Waals surface area contributed by atoms with Crippen LogP contribution in [-0.4, -0.2) is 35.6 Å². The van der Waals surface area contributed by atoms with Crippen molar-refractivity contribution in [2.45, 2.75) is 78.0 Å². The van der Waals surface area contributed by atoms with E-state index in [2.05, 4.69) is 50.0 Å². The van der Waals surface area contributed by atoms with Gasteiger partial charge in [-0.2, -0.15) is 5.10 Å². The minimum Gasteiger partial charge on any atom is -0.380 e. The van der Waals surface area contributed by atoms with Gasteiger partial charge in [-0.15, -0.1) is 0 Å². The van der Waals surface area contributed by atoms with Gasteiger partial charge in [0.15, 0.2) is 0 Å². The number of methoxy groups -OCH3 is 1. The molecule has 0 spiro atoms. The Bertz CT molecular complexity index is 370. The van der Waals surface area contributed by atoms with Crippen molar-refractivity contribution in [1.82, 2.24) is 15.1 Å². The second-order valence-electron chi connectivity index (χ2n) is 5.70. The van der Waals surface area contributed by atoms with E-state index in [0.29, 0.717) is 12.1 Å². The maximum Gasteiger partial charge on any atom is 0.0725 e. The summed E-state index contributed by atoms with van der Waals surface area (Å²) in [5.74, 6) is 0. The van der Waals surface area contributed by atoms with Gasteiger partial charge in [0.2, 0.25) is 0 Å². The SMILES string of the molecule is CCCNC(Cc1ccn(C(CC)CC)n1)C(CC)OC. The van der Waals surface area contributed by atoms with Gasteiger partial charge in [-0.3, -0.25) is 4.68 Å². The van der Waals surface area contributed by atoms with Crippen LogP contribution in [0, 0.1) is 0 Å². The van der Waals surface area contributed by atoms with Gasteiger partial charge >= 0.3 is 0 Å².